The molecule has 0 aliphatic rings. The number of rotatable bonds is 3. The van der Waals surface area contributed by atoms with Crippen molar-refractivity contribution in [1.82, 2.24) is 0 Å². The third-order valence-corrected chi connectivity index (χ3v) is 1.68. The van der Waals surface area contributed by atoms with E-state index in [1.54, 1.807) is 0 Å². The molecule has 4 heteroatoms. The van der Waals surface area contributed by atoms with E-state index >= 15 is 0 Å². The van der Waals surface area contributed by atoms with Gasteiger partial charge in [0.15, 0.2) is 5.78 Å². The summed E-state index contributed by atoms with van der Waals surface area (Å²) in [7, 11) is 0. The van der Waals surface area contributed by atoms with Gasteiger partial charge in [0.2, 0.25) is 0 Å². The summed E-state index contributed by atoms with van der Waals surface area (Å²) < 4.78 is 0. The molecule has 0 saturated heterocycles. The molecule has 1 aromatic carbocycles. The molecule has 0 heterocycles. The Labute approximate surface area is 86.1 Å². The lowest BCUT2D eigenvalue weighted by Crippen LogP contribution is -1.96. The first-order valence-corrected chi connectivity index (χ1v) is 4.09. The molecule has 0 aliphatic heterocycles. The fourth-order valence-corrected chi connectivity index (χ4v) is 0.952. The Bertz CT molecular complexity index is 452. The van der Waals surface area contributed by atoms with E-state index in [2.05, 4.69) is 0 Å². The molecule has 0 atom stereocenters. The maximum Gasteiger partial charge on any atom is 0.328 e. The average Bonchev–Trinajstić information content (AvgIpc) is 2.26. The maximum atomic E-state index is 11.3. The molecular weight excluding hydrogens is 194 g/mol. The second-order valence-electron chi connectivity index (χ2n) is 2.72. The topological polar surface area (TPSA) is 78.2 Å². The fraction of sp³-hybridized carbons (Fsp3) is 0. The number of carbonyl (C=O) groups is 2. The molecule has 1 aromatic rings. The van der Waals surface area contributed by atoms with Gasteiger partial charge >= 0.3 is 5.97 Å². The number of ketones is 1. The van der Waals surface area contributed by atoms with Crippen LogP contribution in [0.25, 0.3) is 0 Å². The highest BCUT2D eigenvalue weighted by molar-refractivity contribution is 6.06. The van der Waals surface area contributed by atoms with Gasteiger partial charge in [0.1, 0.15) is 0 Å². The smallest absolute Gasteiger partial charge is 0.328 e. The first kappa shape index (κ1) is 10.7. The first-order chi connectivity index (χ1) is 7.13. The Morgan fingerprint density at radius 3 is 2.27 bits per heavy atom. The van der Waals surface area contributed by atoms with Crippen molar-refractivity contribution < 1.29 is 14.7 Å². The molecule has 0 amide bonds. The van der Waals surface area contributed by atoms with Gasteiger partial charge in [-0.1, -0.05) is 0 Å². The zero-order valence-corrected chi connectivity index (χ0v) is 7.68. The average molecular weight is 201 g/mol. The van der Waals surface area contributed by atoms with Crippen LogP contribution in [-0.4, -0.2) is 16.9 Å². The van der Waals surface area contributed by atoms with Gasteiger partial charge in [-0.2, -0.15) is 5.26 Å². The van der Waals surface area contributed by atoms with Crippen molar-refractivity contribution >= 4 is 11.8 Å². The van der Waals surface area contributed by atoms with Crippen molar-refractivity contribution in [3.8, 4) is 6.07 Å². The van der Waals surface area contributed by atoms with Gasteiger partial charge in [-0.05, 0) is 30.3 Å². The van der Waals surface area contributed by atoms with Gasteiger partial charge in [-0.15, -0.1) is 0 Å². The minimum atomic E-state index is -1.17. The monoisotopic (exact) mass is 201 g/mol. The minimum Gasteiger partial charge on any atom is -0.478 e. The molecule has 0 saturated carbocycles. The Morgan fingerprint density at radius 1 is 1.20 bits per heavy atom. The second kappa shape index (κ2) is 4.72. The molecule has 0 unspecified atom stereocenters. The van der Waals surface area contributed by atoms with Crippen LogP contribution in [0.15, 0.2) is 36.4 Å². The van der Waals surface area contributed by atoms with Crippen LogP contribution in [0.1, 0.15) is 15.9 Å². The van der Waals surface area contributed by atoms with Crippen LogP contribution in [0.5, 0.6) is 0 Å². The van der Waals surface area contributed by atoms with Crippen LogP contribution < -0.4 is 0 Å². The van der Waals surface area contributed by atoms with E-state index in [-0.39, 0.29) is 0 Å². The van der Waals surface area contributed by atoms with E-state index < -0.39 is 11.8 Å². The van der Waals surface area contributed by atoms with E-state index in [0.29, 0.717) is 11.1 Å². The SMILES string of the molecule is N#Cc1ccc(C(=O)/C=C/C(=O)O)cc1. The lowest BCUT2D eigenvalue weighted by atomic mass is 10.1. The number of carbonyl (C=O) groups excluding carboxylic acids is 1. The molecule has 0 fully saturated rings. The number of hydrogen-bond acceptors (Lipinski definition) is 3. The standard InChI is InChI=1S/C11H7NO3/c12-7-8-1-3-9(4-2-8)10(13)5-6-11(14)15/h1-6H,(H,14,15)/b6-5+. The Balaban J connectivity index is 2.84. The van der Waals surface area contributed by atoms with Gasteiger partial charge in [0.05, 0.1) is 11.6 Å². The normalized spacial score (nSPS) is 9.80. The number of allylic oxidation sites excluding steroid dienone is 1. The molecule has 4 nitrogen and oxygen atoms in total. The summed E-state index contributed by atoms with van der Waals surface area (Å²) in [6, 6.07) is 7.88. The molecule has 0 spiro atoms. The molecule has 1 N–H and O–H groups in total. The summed E-state index contributed by atoms with van der Waals surface area (Å²) in [6.07, 6.45) is 1.75. The predicted octanol–water partition coefficient (Wildman–Crippen LogP) is 1.38. The van der Waals surface area contributed by atoms with Crippen LogP contribution in [-0.2, 0) is 4.79 Å². The number of aliphatic carboxylic acids is 1. The van der Waals surface area contributed by atoms with Crippen LogP contribution in [0.2, 0.25) is 0 Å². The number of nitrogens with zero attached hydrogens (tertiary/aromatic N) is 1. The number of carboxylic acids is 1. The first-order valence-electron chi connectivity index (χ1n) is 4.09. The van der Waals surface area contributed by atoms with Crippen molar-refractivity contribution in [2.75, 3.05) is 0 Å². The van der Waals surface area contributed by atoms with Crippen molar-refractivity contribution in [2.24, 2.45) is 0 Å². The lowest BCUT2D eigenvalue weighted by Gasteiger charge is -1.94. The van der Waals surface area contributed by atoms with E-state index in [1.165, 1.54) is 24.3 Å². The third-order valence-electron chi connectivity index (χ3n) is 1.68. The van der Waals surface area contributed by atoms with Crippen LogP contribution >= 0.6 is 0 Å². The van der Waals surface area contributed by atoms with Gasteiger partial charge in [0, 0.05) is 11.6 Å². The summed E-state index contributed by atoms with van der Waals surface area (Å²) in [4.78, 5) is 21.5. The Kier molecular flexibility index (Phi) is 3.36. The van der Waals surface area contributed by atoms with Crippen LogP contribution in [0, 0.1) is 11.3 Å². The van der Waals surface area contributed by atoms with Gasteiger partial charge in [-0.25, -0.2) is 4.79 Å². The lowest BCUT2D eigenvalue weighted by molar-refractivity contribution is -0.131. The molecule has 0 aromatic heterocycles. The van der Waals surface area contributed by atoms with Crippen molar-refractivity contribution in [3.05, 3.63) is 47.5 Å². The molecule has 74 valence electrons. The van der Waals surface area contributed by atoms with Crippen molar-refractivity contribution in [2.45, 2.75) is 0 Å². The van der Waals surface area contributed by atoms with Crippen molar-refractivity contribution in [1.29, 1.82) is 5.26 Å². The third kappa shape index (κ3) is 3.08. The minimum absolute atomic E-state index is 0.353. The molecule has 15 heavy (non-hydrogen) atoms. The molecule has 0 aliphatic carbocycles. The number of benzene rings is 1. The number of hydrogen-bond donors (Lipinski definition) is 1. The highest BCUT2D eigenvalue weighted by atomic mass is 16.4. The van der Waals surface area contributed by atoms with Gasteiger partial charge in [0.25, 0.3) is 0 Å². The van der Waals surface area contributed by atoms with E-state index in [1.807, 2.05) is 6.07 Å². The van der Waals surface area contributed by atoms with Crippen LogP contribution in [0.4, 0.5) is 0 Å². The largest absolute Gasteiger partial charge is 0.478 e. The molecule has 1 rings (SSSR count). The quantitative estimate of drug-likeness (QED) is 0.591. The summed E-state index contributed by atoms with van der Waals surface area (Å²) in [5, 5.41) is 16.8. The van der Waals surface area contributed by atoms with Gasteiger partial charge < -0.3 is 5.11 Å². The summed E-state index contributed by atoms with van der Waals surface area (Å²) in [5.41, 5.74) is 0.806. The fourth-order valence-electron chi connectivity index (χ4n) is 0.952. The van der Waals surface area contributed by atoms with Crippen molar-refractivity contribution in [3.63, 3.8) is 0 Å². The van der Waals surface area contributed by atoms with E-state index in [4.69, 9.17) is 10.4 Å². The second-order valence-corrected chi connectivity index (χ2v) is 2.72. The molecule has 0 radical (unpaired) electrons. The van der Waals surface area contributed by atoms with E-state index in [0.717, 1.165) is 12.2 Å². The highest BCUT2D eigenvalue weighted by Gasteiger charge is 2.01. The van der Waals surface area contributed by atoms with E-state index in [9.17, 15) is 9.59 Å². The number of nitriles is 1. The summed E-state index contributed by atoms with van der Waals surface area (Å²) in [5.74, 6) is -1.57. The highest BCUT2D eigenvalue weighted by Crippen LogP contribution is 2.04. The summed E-state index contributed by atoms with van der Waals surface area (Å²) in [6.45, 7) is 0. The Hall–Kier alpha value is -2.41. The summed E-state index contributed by atoms with van der Waals surface area (Å²) >= 11 is 0. The number of carboxylic acid groups (broad SMARTS) is 1. The zero-order valence-electron chi connectivity index (χ0n) is 7.68. The zero-order chi connectivity index (χ0) is 11.3. The van der Waals surface area contributed by atoms with Gasteiger partial charge in [-0.3, -0.25) is 4.79 Å². The Morgan fingerprint density at radius 2 is 1.80 bits per heavy atom. The maximum absolute atomic E-state index is 11.3. The molecule has 0 bridgehead atoms. The molecular formula is C11H7NO3. The van der Waals surface area contributed by atoms with Crippen LogP contribution in [0.3, 0.4) is 0 Å². The predicted molar refractivity (Wildman–Crippen MR) is 52.3 cm³/mol.